The van der Waals surface area contributed by atoms with E-state index in [4.69, 9.17) is 0 Å². The summed E-state index contributed by atoms with van der Waals surface area (Å²) in [7, 11) is 0. The van der Waals surface area contributed by atoms with Crippen molar-refractivity contribution in [1.29, 1.82) is 0 Å². The van der Waals surface area contributed by atoms with E-state index in [9.17, 15) is 14.3 Å². The Morgan fingerprint density at radius 2 is 2.17 bits per heavy atom. The smallest absolute Gasteiger partial charge is 0.311 e. The topological polar surface area (TPSA) is 37.3 Å². The summed E-state index contributed by atoms with van der Waals surface area (Å²) in [6.07, 6.45) is 0.298. The number of carbonyl (C=O) groups is 1. The number of aliphatic carboxylic acids is 1. The van der Waals surface area contributed by atoms with Gasteiger partial charge in [0.2, 0.25) is 0 Å². The number of hydrogen-bond donors (Lipinski definition) is 1. The molecule has 1 atom stereocenters. The first-order chi connectivity index (χ1) is 8.58. The summed E-state index contributed by atoms with van der Waals surface area (Å²) in [5.74, 6) is -2.33. The molecule has 1 aromatic heterocycles. The molecule has 0 bridgehead atoms. The maximum atomic E-state index is 13.6. The minimum absolute atomic E-state index is 0.231. The predicted molar refractivity (Wildman–Crippen MR) is 72.5 cm³/mol. The van der Waals surface area contributed by atoms with Crippen LogP contribution in [0.15, 0.2) is 40.2 Å². The number of benzene rings is 1. The van der Waals surface area contributed by atoms with E-state index in [1.807, 2.05) is 11.4 Å². The van der Waals surface area contributed by atoms with Crippen molar-refractivity contribution < 1.29 is 14.3 Å². The lowest BCUT2D eigenvalue weighted by Crippen LogP contribution is -2.15. The molecule has 0 aliphatic rings. The fourth-order valence-corrected chi connectivity index (χ4v) is 3.25. The molecule has 0 aliphatic carbocycles. The Balaban J connectivity index is 2.30. The van der Waals surface area contributed by atoms with Crippen LogP contribution in [0, 0.1) is 5.82 Å². The van der Waals surface area contributed by atoms with Crippen LogP contribution in [-0.2, 0) is 11.2 Å². The largest absolute Gasteiger partial charge is 0.481 e. The van der Waals surface area contributed by atoms with Crippen molar-refractivity contribution in [3.8, 4) is 0 Å². The average molecular weight is 329 g/mol. The van der Waals surface area contributed by atoms with Gasteiger partial charge in [0.05, 0.1) is 5.92 Å². The second kappa shape index (κ2) is 5.63. The highest BCUT2D eigenvalue weighted by atomic mass is 79.9. The van der Waals surface area contributed by atoms with Crippen molar-refractivity contribution in [2.45, 2.75) is 12.3 Å². The van der Waals surface area contributed by atoms with Gasteiger partial charge in [0.15, 0.2) is 0 Å². The third-order valence-corrected chi connectivity index (χ3v) is 4.33. The quantitative estimate of drug-likeness (QED) is 0.918. The van der Waals surface area contributed by atoms with Crippen LogP contribution in [0.1, 0.15) is 16.4 Å². The summed E-state index contributed by atoms with van der Waals surface area (Å²) >= 11 is 4.78. The molecule has 94 valence electrons. The molecule has 0 radical (unpaired) electrons. The van der Waals surface area contributed by atoms with Gasteiger partial charge in [-0.1, -0.05) is 18.2 Å². The minimum Gasteiger partial charge on any atom is -0.481 e. The lowest BCUT2D eigenvalue weighted by atomic mass is 9.95. The van der Waals surface area contributed by atoms with Crippen molar-refractivity contribution in [1.82, 2.24) is 0 Å². The van der Waals surface area contributed by atoms with E-state index in [0.29, 0.717) is 6.42 Å². The van der Waals surface area contributed by atoms with Gasteiger partial charge in [-0.3, -0.25) is 4.79 Å². The molecule has 0 saturated heterocycles. The molecule has 1 heterocycles. The third-order valence-electron chi connectivity index (χ3n) is 2.61. The van der Waals surface area contributed by atoms with Gasteiger partial charge in [-0.15, -0.1) is 11.3 Å². The SMILES string of the molecule is O=C(O)C(Cc1cc(Br)cs1)c1ccccc1F. The van der Waals surface area contributed by atoms with E-state index in [1.165, 1.54) is 23.5 Å². The van der Waals surface area contributed by atoms with Crippen LogP contribution in [0.4, 0.5) is 4.39 Å². The molecule has 0 amide bonds. The van der Waals surface area contributed by atoms with E-state index >= 15 is 0 Å². The highest BCUT2D eigenvalue weighted by Gasteiger charge is 2.23. The van der Waals surface area contributed by atoms with Crippen LogP contribution < -0.4 is 0 Å². The third kappa shape index (κ3) is 2.97. The number of halogens is 2. The Kier molecular flexibility index (Phi) is 4.14. The molecule has 0 spiro atoms. The number of carboxylic acids is 1. The molecule has 1 aromatic carbocycles. The monoisotopic (exact) mass is 328 g/mol. The van der Waals surface area contributed by atoms with Gasteiger partial charge in [0, 0.05) is 20.3 Å². The predicted octanol–water partition coefficient (Wildman–Crippen LogP) is 4.06. The van der Waals surface area contributed by atoms with Crippen LogP contribution >= 0.6 is 27.3 Å². The van der Waals surface area contributed by atoms with E-state index in [1.54, 1.807) is 12.1 Å². The molecule has 0 fully saturated rings. The van der Waals surface area contributed by atoms with Crippen LogP contribution in [0.5, 0.6) is 0 Å². The van der Waals surface area contributed by atoms with Gasteiger partial charge in [-0.05, 0) is 34.5 Å². The fourth-order valence-electron chi connectivity index (χ4n) is 1.75. The summed E-state index contributed by atoms with van der Waals surface area (Å²) in [6.45, 7) is 0. The van der Waals surface area contributed by atoms with E-state index in [2.05, 4.69) is 15.9 Å². The van der Waals surface area contributed by atoms with Gasteiger partial charge < -0.3 is 5.11 Å². The van der Waals surface area contributed by atoms with Gasteiger partial charge in [-0.2, -0.15) is 0 Å². The maximum Gasteiger partial charge on any atom is 0.311 e. The lowest BCUT2D eigenvalue weighted by Gasteiger charge is -2.12. The summed E-state index contributed by atoms with van der Waals surface area (Å²) in [6, 6.07) is 7.88. The Labute approximate surface area is 116 Å². The summed E-state index contributed by atoms with van der Waals surface area (Å²) in [5.41, 5.74) is 0.231. The molecule has 2 nitrogen and oxygen atoms in total. The van der Waals surface area contributed by atoms with Crippen LogP contribution in [0.2, 0.25) is 0 Å². The zero-order valence-electron chi connectivity index (χ0n) is 9.27. The number of carboxylic acid groups (broad SMARTS) is 1. The Bertz CT molecular complexity index is 568. The van der Waals surface area contributed by atoms with Crippen molar-refractivity contribution in [2.75, 3.05) is 0 Å². The summed E-state index contributed by atoms with van der Waals surface area (Å²) < 4.78 is 14.6. The first kappa shape index (κ1) is 13.2. The standard InChI is InChI=1S/C13H10BrFO2S/c14-8-5-9(18-7-8)6-11(13(16)17)10-3-1-2-4-12(10)15/h1-5,7,11H,6H2,(H,16,17). The van der Waals surface area contributed by atoms with Crippen molar-refractivity contribution in [2.24, 2.45) is 0 Å². The van der Waals surface area contributed by atoms with E-state index in [0.717, 1.165) is 9.35 Å². The van der Waals surface area contributed by atoms with Gasteiger partial charge in [-0.25, -0.2) is 4.39 Å². The van der Waals surface area contributed by atoms with Crippen LogP contribution in [-0.4, -0.2) is 11.1 Å². The fraction of sp³-hybridized carbons (Fsp3) is 0.154. The zero-order valence-corrected chi connectivity index (χ0v) is 11.7. The molecule has 0 saturated carbocycles. The normalized spacial score (nSPS) is 12.3. The summed E-state index contributed by atoms with van der Waals surface area (Å²) in [4.78, 5) is 12.2. The second-order valence-corrected chi connectivity index (χ2v) is 5.76. The van der Waals surface area contributed by atoms with Gasteiger partial charge in [0.25, 0.3) is 0 Å². The molecule has 18 heavy (non-hydrogen) atoms. The van der Waals surface area contributed by atoms with Gasteiger partial charge in [0.1, 0.15) is 5.82 Å². The number of hydrogen-bond acceptors (Lipinski definition) is 2. The minimum atomic E-state index is -1.01. The highest BCUT2D eigenvalue weighted by molar-refractivity contribution is 9.10. The molecule has 1 N–H and O–H groups in total. The second-order valence-electron chi connectivity index (χ2n) is 3.85. The van der Waals surface area contributed by atoms with Gasteiger partial charge >= 0.3 is 5.97 Å². The molecule has 1 unspecified atom stereocenters. The highest BCUT2D eigenvalue weighted by Crippen LogP contribution is 2.28. The first-order valence-electron chi connectivity index (χ1n) is 5.28. The average Bonchev–Trinajstić information content (AvgIpc) is 2.73. The molecule has 2 rings (SSSR count). The molecule has 5 heteroatoms. The molecule has 2 aromatic rings. The maximum absolute atomic E-state index is 13.6. The summed E-state index contributed by atoms with van der Waals surface area (Å²) in [5, 5.41) is 11.1. The molecular weight excluding hydrogens is 319 g/mol. The zero-order chi connectivity index (χ0) is 13.1. The Hall–Kier alpha value is -1.20. The lowest BCUT2D eigenvalue weighted by molar-refractivity contribution is -0.138. The van der Waals surface area contributed by atoms with E-state index in [-0.39, 0.29) is 5.56 Å². The van der Waals surface area contributed by atoms with Crippen molar-refractivity contribution in [3.63, 3.8) is 0 Å². The molecule has 0 aliphatic heterocycles. The Morgan fingerprint density at radius 1 is 1.44 bits per heavy atom. The Morgan fingerprint density at radius 3 is 2.72 bits per heavy atom. The number of rotatable bonds is 4. The van der Waals surface area contributed by atoms with Crippen molar-refractivity contribution >= 4 is 33.2 Å². The first-order valence-corrected chi connectivity index (χ1v) is 6.95. The van der Waals surface area contributed by atoms with Crippen LogP contribution in [0.25, 0.3) is 0 Å². The van der Waals surface area contributed by atoms with E-state index < -0.39 is 17.7 Å². The van der Waals surface area contributed by atoms with Crippen LogP contribution in [0.3, 0.4) is 0 Å². The number of thiophene rings is 1. The van der Waals surface area contributed by atoms with Crippen molar-refractivity contribution in [3.05, 3.63) is 56.4 Å². The molecular formula is C13H10BrFO2S.